The Labute approximate surface area is 83.8 Å². The minimum atomic E-state index is -0.430. The van der Waals surface area contributed by atoms with E-state index in [1.54, 1.807) is 20.0 Å². The van der Waals surface area contributed by atoms with Crippen molar-refractivity contribution in [2.24, 2.45) is 0 Å². The zero-order valence-corrected chi connectivity index (χ0v) is 8.45. The van der Waals surface area contributed by atoms with Crippen LogP contribution in [0.3, 0.4) is 0 Å². The molecule has 0 fully saturated rings. The topological polar surface area (TPSA) is 49.3 Å². The van der Waals surface area contributed by atoms with Crippen molar-refractivity contribution >= 4 is 5.91 Å². The molecule has 2 N–H and O–H groups in total. The summed E-state index contributed by atoms with van der Waals surface area (Å²) in [6.45, 7) is 1.71. The second-order valence-corrected chi connectivity index (χ2v) is 3.29. The Balaban J connectivity index is 2.97. The molecule has 0 spiro atoms. The second-order valence-electron chi connectivity index (χ2n) is 3.29. The number of aliphatic hydroxyl groups excluding tert-OH is 1. The number of hydrogen-bond donors (Lipinski definition) is 2. The first-order chi connectivity index (χ1) is 6.65. The molecular weight excluding hydrogens is 178 g/mol. The molecule has 0 bridgehead atoms. The molecule has 1 aromatic carbocycles. The fourth-order valence-electron chi connectivity index (χ4n) is 1.37. The Morgan fingerprint density at radius 1 is 1.50 bits per heavy atom. The first kappa shape index (κ1) is 10.7. The summed E-state index contributed by atoms with van der Waals surface area (Å²) < 4.78 is 0. The fraction of sp³-hybridized carbons (Fsp3) is 0.364. The molecule has 0 aliphatic rings. The Morgan fingerprint density at radius 2 is 2.14 bits per heavy atom. The number of benzene rings is 1. The molecular formula is C11H15NO2. The first-order valence-electron chi connectivity index (χ1n) is 4.63. The van der Waals surface area contributed by atoms with Gasteiger partial charge in [0.05, 0.1) is 6.10 Å². The van der Waals surface area contributed by atoms with Gasteiger partial charge in [-0.1, -0.05) is 18.2 Å². The summed E-state index contributed by atoms with van der Waals surface area (Å²) in [5.74, 6) is -0.110. The Bertz CT molecular complexity index is 321. The van der Waals surface area contributed by atoms with E-state index in [9.17, 15) is 9.90 Å². The van der Waals surface area contributed by atoms with Gasteiger partial charge in [-0.05, 0) is 25.0 Å². The quantitative estimate of drug-likeness (QED) is 0.751. The largest absolute Gasteiger partial charge is 0.393 e. The van der Waals surface area contributed by atoms with Gasteiger partial charge in [0.1, 0.15) is 0 Å². The van der Waals surface area contributed by atoms with E-state index in [0.717, 1.165) is 5.56 Å². The van der Waals surface area contributed by atoms with Crippen molar-refractivity contribution in [2.45, 2.75) is 19.4 Å². The highest BCUT2D eigenvalue weighted by Crippen LogP contribution is 2.10. The van der Waals surface area contributed by atoms with Crippen LogP contribution in [0.2, 0.25) is 0 Å². The van der Waals surface area contributed by atoms with Gasteiger partial charge in [0.2, 0.25) is 0 Å². The lowest BCUT2D eigenvalue weighted by Gasteiger charge is -2.09. The van der Waals surface area contributed by atoms with Crippen molar-refractivity contribution in [1.82, 2.24) is 5.32 Å². The third-order valence-corrected chi connectivity index (χ3v) is 2.00. The lowest BCUT2D eigenvalue weighted by atomic mass is 10.0. The molecule has 1 aromatic rings. The maximum atomic E-state index is 11.4. The van der Waals surface area contributed by atoms with E-state index in [4.69, 9.17) is 0 Å². The van der Waals surface area contributed by atoms with Crippen molar-refractivity contribution < 1.29 is 9.90 Å². The maximum Gasteiger partial charge on any atom is 0.251 e. The van der Waals surface area contributed by atoms with Crippen molar-refractivity contribution in [3.05, 3.63) is 35.4 Å². The summed E-state index contributed by atoms with van der Waals surface area (Å²) in [6, 6.07) is 7.30. The number of carbonyl (C=O) groups excluding carboxylic acids is 1. The molecule has 76 valence electrons. The average Bonchev–Trinajstić information content (AvgIpc) is 2.16. The van der Waals surface area contributed by atoms with Crippen LogP contribution in [0, 0.1) is 0 Å². The predicted octanol–water partition coefficient (Wildman–Crippen LogP) is 0.970. The summed E-state index contributed by atoms with van der Waals surface area (Å²) in [4.78, 5) is 11.4. The highest BCUT2D eigenvalue weighted by molar-refractivity contribution is 5.95. The van der Waals surface area contributed by atoms with Gasteiger partial charge >= 0.3 is 0 Å². The maximum absolute atomic E-state index is 11.4. The fourth-order valence-corrected chi connectivity index (χ4v) is 1.37. The molecule has 1 atom stereocenters. The van der Waals surface area contributed by atoms with Gasteiger partial charge in [-0.15, -0.1) is 0 Å². The number of hydrogen-bond acceptors (Lipinski definition) is 2. The number of amides is 1. The minimum Gasteiger partial charge on any atom is -0.393 e. The van der Waals surface area contributed by atoms with Crippen LogP contribution in [-0.4, -0.2) is 24.2 Å². The van der Waals surface area contributed by atoms with E-state index >= 15 is 0 Å². The summed E-state index contributed by atoms with van der Waals surface area (Å²) in [5.41, 5.74) is 1.51. The monoisotopic (exact) mass is 193 g/mol. The van der Waals surface area contributed by atoms with Crippen molar-refractivity contribution in [3.8, 4) is 0 Å². The third-order valence-electron chi connectivity index (χ3n) is 2.00. The van der Waals surface area contributed by atoms with Crippen LogP contribution < -0.4 is 5.32 Å². The zero-order valence-electron chi connectivity index (χ0n) is 8.45. The lowest BCUT2D eigenvalue weighted by molar-refractivity contribution is 0.0961. The Morgan fingerprint density at radius 3 is 2.71 bits per heavy atom. The van der Waals surface area contributed by atoms with Gasteiger partial charge in [0.15, 0.2) is 0 Å². The van der Waals surface area contributed by atoms with Crippen LogP contribution in [0.5, 0.6) is 0 Å². The summed E-state index contributed by atoms with van der Waals surface area (Å²) >= 11 is 0. The van der Waals surface area contributed by atoms with E-state index < -0.39 is 6.10 Å². The molecule has 0 aromatic heterocycles. The number of nitrogens with one attached hydrogen (secondary N) is 1. The standard InChI is InChI=1S/C11H15NO2/c1-8(13)7-9-5-3-4-6-10(9)11(14)12-2/h3-6,8,13H,7H2,1-2H3,(H,12,14). The van der Waals surface area contributed by atoms with Gasteiger partial charge < -0.3 is 10.4 Å². The molecule has 0 aliphatic heterocycles. The predicted molar refractivity (Wildman–Crippen MR) is 55.2 cm³/mol. The molecule has 3 heteroatoms. The SMILES string of the molecule is CNC(=O)c1ccccc1CC(C)O. The molecule has 0 saturated heterocycles. The molecule has 0 radical (unpaired) electrons. The summed E-state index contributed by atoms with van der Waals surface area (Å²) in [5, 5.41) is 11.8. The van der Waals surface area contributed by atoms with Crippen LogP contribution in [0.15, 0.2) is 24.3 Å². The van der Waals surface area contributed by atoms with Gasteiger partial charge in [0, 0.05) is 12.6 Å². The molecule has 0 heterocycles. The molecule has 0 aliphatic carbocycles. The zero-order chi connectivity index (χ0) is 10.6. The van der Waals surface area contributed by atoms with E-state index in [2.05, 4.69) is 5.32 Å². The van der Waals surface area contributed by atoms with Gasteiger partial charge in [-0.25, -0.2) is 0 Å². The van der Waals surface area contributed by atoms with Crippen LogP contribution in [-0.2, 0) is 6.42 Å². The summed E-state index contributed by atoms with van der Waals surface area (Å²) in [7, 11) is 1.60. The highest BCUT2D eigenvalue weighted by Gasteiger charge is 2.10. The normalized spacial score (nSPS) is 12.2. The molecule has 1 rings (SSSR count). The van der Waals surface area contributed by atoms with Crippen molar-refractivity contribution in [1.29, 1.82) is 0 Å². The number of rotatable bonds is 3. The first-order valence-corrected chi connectivity index (χ1v) is 4.63. The number of carbonyl (C=O) groups is 1. The highest BCUT2D eigenvalue weighted by atomic mass is 16.3. The minimum absolute atomic E-state index is 0.110. The van der Waals surface area contributed by atoms with Crippen LogP contribution in [0.1, 0.15) is 22.8 Å². The second kappa shape index (κ2) is 4.77. The van der Waals surface area contributed by atoms with Gasteiger partial charge in [-0.2, -0.15) is 0 Å². The molecule has 0 saturated carbocycles. The molecule has 1 amide bonds. The van der Waals surface area contributed by atoms with Crippen molar-refractivity contribution in [2.75, 3.05) is 7.05 Å². The number of aliphatic hydroxyl groups is 1. The van der Waals surface area contributed by atoms with Gasteiger partial charge in [-0.3, -0.25) is 4.79 Å². The molecule has 1 unspecified atom stereocenters. The average molecular weight is 193 g/mol. The van der Waals surface area contributed by atoms with Crippen molar-refractivity contribution in [3.63, 3.8) is 0 Å². The van der Waals surface area contributed by atoms with E-state index in [-0.39, 0.29) is 5.91 Å². The lowest BCUT2D eigenvalue weighted by Crippen LogP contribution is -2.20. The third kappa shape index (κ3) is 2.57. The Hall–Kier alpha value is -1.35. The molecule has 14 heavy (non-hydrogen) atoms. The summed E-state index contributed by atoms with van der Waals surface area (Å²) in [6.07, 6.45) is 0.0738. The molecule has 3 nitrogen and oxygen atoms in total. The van der Waals surface area contributed by atoms with E-state index in [0.29, 0.717) is 12.0 Å². The Kier molecular flexibility index (Phi) is 3.65. The smallest absolute Gasteiger partial charge is 0.251 e. The van der Waals surface area contributed by atoms with Crippen LogP contribution >= 0.6 is 0 Å². The van der Waals surface area contributed by atoms with Gasteiger partial charge in [0.25, 0.3) is 5.91 Å². The van der Waals surface area contributed by atoms with E-state index in [1.165, 1.54) is 0 Å². The van der Waals surface area contributed by atoms with Crippen LogP contribution in [0.4, 0.5) is 0 Å². The van der Waals surface area contributed by atoms with Crippen LogP contribution in [0.25, 0.3) is 0 Å². The van der Waals surface area contributed by atoms with E-state index in [1.807, 2.05) is 18.2 Å².